The molecule has 0 aliphatic rings. The number of aliphatic hydroxyl groups excluding tert-OH is 1. The summed E-state index contributed by atoms with van der Waals surface area (Å²) in [6, 6.07) is 10.1. The first-order valence-corrected chi connectivity index (χ1v) is 6.78. The zero-order valence-electron chi connectivity index (χ0n) is 12.4. The van der Waals surface area contributed by atoms with Crippen LogP contribution in [-0.2, 0) is 0 Å². The lowest BCUT2D eigenvalue weighted by molar-refractivity contribution is 0.0439. The molecule has 0 amide bonds. The third-order valence-corrected chi connectivity index (χ3v) is 3.21. The number of likely N-dealkylation sites (N-methyl/N-ethyl adjacent to an activating group) is 1. The van der Waals surface area contributed by atoms with Gasteiger partial charge in [-0.1, -0.05) is 58.0 Å². The summed E-state index contributed by atoms with van der Waals surface area (Å²) in [5, 5.41) is 10.5. The Labute approximate surface area is 112 Å². The molecule has 0 saturated carbocycles. The van der Waals surface area contributed by atoms with Gasteiger partial charge in [0.15, 0.2) is 0 Å². The van der Waals surface area contributed by atoms with Crippen LogP contribution in [-0.4, -0.2) is 29.6 Å². The molecule has 2 nitrogen and oxygen atoms in total. The van der Waals surface area contributed by atoms with Crippen LogP contribution in [0.4, 0.5) is 0 Å². The standard InChI is InChI=1S/C16H27NO/c1-6-14(17(5)12-16(2,3)4)15(18)13-10-8-7-9-11-13/h7-11,14-15,18H,6,12H2,1-5H3. The van der Waals surface area contributed by atoms with E-state index in [9.17, 15) is 5.11 Å². The Morgan fingerprint density at radius 3 is 2.17 bits per heavy atom. The molecule has 0 spiro atoms. The Bertz CT molecular complexity index is 342. The van der Waals surface area contributed by atoms with Crippen molar-refractivity contribution in [1.82, 2.24) is 4.90 Å². The first-order valence-electron chi connectivity index (χ1n) is 6.78. The van der Waals surface area contributed by atoms with Crippen LogP contribution in [0, 0.1) is 5.41 Å². The molecule has 2 heteroatoms. The molecule has 1 rings (SSSR count). The predicted molar refractivity (Wildman–Crippen MR) is 77.6 cm³/mol. The second-order valence-electron chi connectivity index (χ2n) is 6.31. The van der Waals surface area contributed by atoms with Gasteiger partial charge in [0, 0.05) is 12.6 Å². The average molecular weight is 249 g/mol. The monoisotopic (exact) mass is 249 g/mol. The second-order valence-corrected chi connectivity index (χ2v) is 6.31. The van der Waals surface area contributed by atoms with Crippen LogP contribution in [0.15, 0.2) is 30.3 Å². The Balaban J connectivity index is 2.77. The number of nitrogens with zero attached hydrogens (tertiary/aromatic N) is 1. The van der Waals surface area contributed by atoms with E-state index >= 15 is 0 Å². The lowest BCUT2D eigenvalue weighted by Crippen LogP contribution is -2.41. The summed E-state index contributed by atoms with van der Waals surface area (Å²) in [6.45, 7) is 9.80. The number of benzene rings is 1. The van der Waals surface area contributed by atoms with Crippen LogP contribution < -0.4 is 0 Å². The molecule has 102 valence electrons. The van der Waals surface area contributed by atoms with Gasteiger partial charge >= 0.3 is 0 Å². The van der Waals surface area contributed by atoms with Crippen molar-refractivity contribution in [2.75, 3.05) is 13.6 Å². The van der Waals surface area contributed by atoms with Crippen LogP contribution in [0.5, 0.6) is 0 Å². The van der Waals surface area contributed by atoms with Gasteiger partial charge in [-0.05, 0) is 24.4 Å². The maximum absolute atomic E-state index is 10.5. The van der Waals surface area contributed by atoms with Gasteiger partial charge in [0.2, 0.25) is 0 Å². The van der Waals surface area contributed by atoms with E-state index in [1.165, 1.54) is 0 Å². The fourth-order valence-corrected chi connectivity index (χ4v) is 2.51. The van der Waals surface area contributed by atoms with Crippen LogP contribution >= 0.6 is 0 Å². The van der Waals surface area contributed by atoms with Crippen molar-refractivity contribution in [2.45, 2.75) is 46.3 Å². The van der Waals surface area contributed by atoms with Gasteiger partial charge < -0.3 is 5.11 Å². The molecule has 1 aromatic rings. The van der Waals surface area contributed by atoms with Crippen molar-refractivity contribution >= 4 is 0 Å². The van der Waals surface area contributed by atoms with Crippen molar-refractivity contribution in [2.24, 2.45) is 5.41 Å². The van der Waals surface area contributed by atoms with Gasteiger partial charge in [-0.25, -0.2) is 0 Å². The highest BCUT2D eigenvalue weighted by molar-refractivity contribution is 5.18. The number of aliphatic hydroxyl groups is 1. The number of hydrogen-bond acceptors (Lipinski definition) is 2. The Hall–Kier alpha value is -0.860. The zero-order valence-corrected chi connectivity index (χ0v) is 12.4. The van der Waals surface area contributed by atoms with Crippen LogP contribution in [0.3, 0.4) is 0 Å². The summed E-state index contributed by atoms with van der Waals surface area (Å²) in [5.41, 5.74) is 1.25. The average Bonchev–Trinajstić information content (AvgIpc) is 2.28. The highest BCUT2D eigenvalue weighted by atomic mass is 16.3. The first kappa shape index (κ1) is 15.2. The molecule has 18 heavy (non-hydrogen) atoms. The Kier molecular flexibility index (Phi) is 5.36. The molecular weight excluding hydrogens is 222 g/mol. The summed E-state index contributed by atoms with van der Waals surface area (Å²) < 4.78 is 0. The quantitative estimate of drug-likeness (QED) is 0.863. The summed E-state index contributed by atoms with van der Waals surface area (Å²) in [5.74, 6) is 0. The fourth-order valence-electron chi connectivity index (χ4n) is 2.51. The van der Waals surface area contributed by atoms with Gasteiger partial charge in [0.25, 0.3) is 0 Å². The summed E-state index contributed by atoms with van der Waals surface area (Å²) in [4.78, 5) is 2.28. The number of rotatable bonds is 5. The van der Waals surface area contributed by atoms with E-state index < -0.39 is 6.10 Å². The van der Waals surface area contributed by atoms with Gasteiger partial charge in [0.1, 0.15) is 0 Å². The SMILES string of the molecule is CCC(C(O)c1ccccc1)N(C)CC(C)(C)C. The summed E-state index contributed by atoms with van der Waals surface area (Å²) in [7, 11) is 2.10. The molecule has 0 radical (unpaired) electrons. The molecule has 1 aromatic carbocycles. The van der Waals surface area contributed by atoms with Crippen LogP contribution in [0.1, 0.15) is 45.8 Å². The van der Waals surface area contributed by atoms with Gasteiger partial charge in [-0.2, -0.15) is 0 Å². The Morgan fingerprint density at radius 1 is 1.17 bits per heavy atom. The van der Waals surface area contributed by atoms with Gasteiger partial charge in [-0.15, -0.1) is 0 Å². The van der Waals surface area contributed by atoms with Crippen molar-refractivity contribution in [3.8, 4) is 0 Å². The maximum Gasteiger partial charge on any atom is 0.0944 e. The minimum atomic E-state index is -0.413. The molecule has 0 aromatic heterocycles. The van der Waals surface area contributed by atoms with E-state index in [-0.39, 0.29) is 11.5 Å². The van der Waals surface area contributed by atoms with Crippen molar-refractivity contribution in [1.29, 1.82) is 0 Å². The molecule has 1 N–H and O–H groups in total. The molecule has 0 aliphatic heterocycles. The molecule has 0 bridgehead atoms. The largest absolute Gasteiger partial charge is 0.387 e. The highest BCUT2D eigenvalue weighted by Crippen LogP contribution is 2.25. The minimum absolute atomic E-state index is 0.173. The maximum atomic E-state index is 10.5. The molecular formula is C16H27NO. The zero-order chi connectivity index (χ0) is 13.8. The smallest absolute Gasteiger partial charge is 0.0944 e. The van der Waals surface area contributed by atoms with Crippen LogP contribution in [0.25, 0.3) is 0 Å². The van der Waals surface area contributed by atoms with Crippen LogP contribution in [0.2, 0.25) is 0 Å². The van der Waals surface area contributed by atoms with E-state index in [0.29, 0.717) is 0 Å². The molecule has 0 heterocycles. The molecule has 0 saturated heterocycles. The lowest BCUT2D eigenvalue weighted by atomic mass is 9.93. The Morgan fingerprint density at radius 2 is 1.72 bits per heavy atom. The third kappa shape index (κ3) is 4.43. The van der Waals surface area contributed by atoms with E-state index in [4.69, 9.17) is 0 Å². The van der Waals surface area contributed by atoms with E-state index in [1.807, 2.05) is 30.3 Å². The lowest BCUT2D eigenvalue weighted by Gasteiger charge is -2.35. The first-order chi connectivity index (χ1) is 8.35. The van der Waals surface area contributed by atoms with Gasteiger partial charge in [0.05, 0.1) is 6.10 Å². The second kappa shape index (κ2) is 6.35. The summed E-state index contributed by atoms with van der Waals surface area (Å²) in [6.07, 6.45) is 0.534. The van der Waals surface area contributed by atoms with Crippen molar-refractivity contribution in [3.05, 3.63) is 35.9 Å². The molecule has 0 fully saturated rings. The highest BCUT2D eigenvalue weighted by Gasteiger charge is 2.26. The predicted octanol–water partition coefficient (Wildman–Crippen LogP) is 3.48. The third-order valence-electron chi connectivity index (χ3n) is 3.21. The number of hydrogen-bond donors (Lipinski definition) is 1. The minimum Gasteiger partial charge on any atom is -0.387 e. The fraction of sp³-hybridized carbons (Fsp3) is 0.625. The van der Waals surface area contributed by atoms with E-state index in [2.05, 4.69) is 39.6 Å². The van der Waals surface area contributed by atoms with Gasteiger partial charge in [-0.3, -0.25) is 4.90 Å². The molecule has 2 atom stereocenters. The van der Waals surface area contributed by atoms with Crippen molar-refractivity contribution < 1.29 is 5.11 Å². The van der Waals surface area contributed by atoms with E-state index in [1.54, 1.807) is 0 Å². The normalized spacial score (nSPS) is 15.7. The van der Waals surface area contributed by atoms with E-state index in [0.717, 1.165) is 18.5 Å². The molecule has 2 unspecified atom stereocenters. The molecule has 0 aliphatic carbocycles. The summed E-state index contributed by atoms with van der Waals surface area (Å²) >= 11 is 0. The van der Waals surface area contributed by atoms with Crippen molar-refractivity contribution in [3.63, 3.8) is 0 Å². The topological polar surface area (TPSA) is 23.5 Å².